The first-order chi connectivity index (χ1) is 8.84. The molecule has 0 fully saturated rings. The highest BCUT2D eigenvalue weighted by atomic mass is 35.5. The van der Waals surface area contributed by atoms with E-state index in [0.717, 1.165) is 19.5 Å². The molecule has 1 aromatic heterocycles. The molecule has 0 saturated heterocycles. The summed E-state index contributed by atoms with van der Waals surface area (Å²) in [5, 5.41) is 2.47. The number of rotatable bonds is 6. The van der Waals surface area contributed by atoms with Crippen LogP contribution in [0.3, 0.4) is 0 Å². The first-order valence-electron chi connectivity index (χ1n) is 6.00. The molecular formula is C12H17ClF3N3. The molecule has 108 valence electrons. The van der Waals surface area contributed by atoms with Gasteiger partial charge in [-0.25, -0.2) is 4.98 Å². The lowest BCUT2D eigenvalue weighted by Crippen LogP contribution is -2.26. The van der Waals surface area contributed by atoms with Gasteiger partial charge >= 0.3 is 6.18 Å². The first-order valence-corrected chi connectivity index (χ1v) is 6.38. The number of halogens is 4. The van der Waals surface area contributed by atoms with Gasteiger partial charge in [-0.2, -0.15) is 13.2 Å². The molecule has 0 unspecified atom stereocenters. The van der Waals surface area contributed by atoms with Crippen LogP contribution in [0.4, 0.5) is 19.0 Å². The van der Waals surface area contributed by atoms with E-state index < -0.39 is 11.9 Å². The van der Waals surface area contributed by atoms with Crippen molar-refractivity contribution in [2.24, 2.45) is 0 Å². The standard InChI is InChI=1S/C12H17ClF3N3/c1-3-7-19(2)8-6-17-10-5-4-9(13)11(18-10)12(14,15)16/h4-5H,3,6-8H2,1-2H3,(H,17,18). The molecule has 0 atom stereocenters. The summed E-state index contributed by atoms with van der Waals surface area (Å²) in [4.78, 5) is 5.59. The van der Waals surface area contributed by atoms with E-state index in [4.69, 9.17) is 11.6 Å². The van der Waals surface area contributed by atoms with Gasteiger partial charge in [0, 0.05) is 13.1 Å². The van der Waals surface area contributed by atoms with Crippen LogP contribution in [-0.4, -0.2) is 36.6 Å². The summed E-state index contributed by atoms with van der Waals surface area (Å²) < 4.78 is 37.8. The van der Waals surface area contributed by atoms with Gasteiger partial charge in [0.1, 0.15) is 5.82 Å². The molecule has 0 aliphatic carbocycles. The molecule has 7 heteroatoms. The van der Waals surface area contributed by atoms with E-state index in [9.17, 15) is 13.2 Å². The van der Waals surface area contributed by atoms with E-state index in [1.165, 1.54) is 12.1 Å². The largest absolute Gasteiger partial charge is 0.434 e. The molecule has 3 nitrogen and oxygen atoms in total. The van der Waals surface area contributed by atoms with Gasteiger partial charge in [-0.3, -0.25) is 0 Å². The van der Waals surface area contributed by atoms with Gasteiger partial charge in [-0.15, -0.1) is 0 Å². The molecule has 1 heterocycles. The average Bonchev–Trinajstić information content (AvgIpc) is 2.30. The average molecular weight is 296 g/mol. The highest BCUT2D eigenvalue weighted by molar-refractivity contribution is 6.31. The van der Waals surface area contributed by atoms with Crippen LogP contribution in [0.25, 0.3) is 0 Å². The Morgan fingerprint density at radius 3 is 2.58 bits per heavy atom. The topological polar surface area (TPSA) is 28.2 Å². The number of alkyl halides is 3. The van der Waals surface area contributed by atoms with Crippen LogP contribution in [0.2, 0.25) is 5.02 Å². The summed E-state index contributed by atoms with van der Waals surface area (Å²) in [6.07, 6.45) is -3.50. The molecule has 0 spiro atoms. The number of aromatic nitrogens is 1. The van der Waals surface area contributed by atoms with Crippen LogP contribution >= 0.6 is 11.6 Å². The molecule has 1 aromatic rings. The van der Waals surface area contributed by atoms with E-state index in [1.807, 2.05) is 7.05 Å². The SMILES string of the molecule is CCCN(C)CCNc1ccc(Cl)c(C(F)(F)F)n1. The van der Waals surface area contributed by atoms with Crippen LogP contribution in [0.15, 0.2) is 12.1 Å². The van der Waals surface area contributed by atoms with E-state index in [1.54, 1.807) is 0 Å². The molecule has 19 heavy (non-hydrogen) atoms. The van der Waals surface area contributed by atoms with Gasteiger partial charge in [0.25, 0.3) is 0 Å². The summed E-state index contributed by atoms with van der Waals surface area (Å²) >= 11 is 5.49. The van der Waals surface area contributed by atoms with Crippen molar-refractivity contribution in [2.45, 2.75) is 19.5 Å². The molecular weight excluding hydrogens is 279 g/mol. The predicted octanol–water partition coefficient (Wildman–Crippen LogP) is 3.51. The van der Waals surface area contributed by atoms with Crippen LogP contribution in [0, 0.1) is 0 Å². The summed E-state index contributed by atoms with van der Waals surface area (Å²) in [7, 11) is 1.96. The maximum absolute atomic E-state index is 12.6. The molecule has 0 aliphatic rings. The second-order valence-corrected chi connectivity index (χ2v) is 4.66. The fourth-order valence-corrected chi connectivity index (χ4v) is 1.82. The minimum Gasteiger partial charge on any atom is -0.369 e. The Hall–Kier alpha value is -1.01. The van der Waals surface area contributed by atoms with Crippen molar-refractivity contribution in [3.8, 4) is 0 Å². The van der Waals surface area contributed by atoms with Crippen molar-refractivity contribution in [1.82, 2.24) is 9.88 Å². The summed E-state index contributed by atoms with van der Waals surface area (Å²) in [6.45, 7) is 4.28. The van der Waals surface area contributed by atoms with Gasteiger partial charge in [0.15, 0.2) is 5.69 Å². The fraction of sp³-hybridized carbons (Fsp3) is 0.583. The monoisotopic (exact) mass is 295 g/mol. The minimum atomic E-state index is -4.53. The summed E-state index contributed by atoms with van der Waals surface area (Å²) in [5.41, 5.74) is -1.05. The third kappa shape index (κ3) is 5.24. The molecule has 1 N–H and O–H groups in total. The number of pyridine rings is 1. The second-order valence-electron chi connectivity index (χ2n) is 4.25. The van der Waals surface area contributed by atoms with Crippen LogP contribution in [0.5, 0.6) is 0 Å². The maximum Gasteiger partial charge on any atom is 0.434 e. The quantitative estimate of drug-likeness (QED) is 0.870. The lowest BCUT2D eigenvalue weighted by Gasteiger charge is -2.16. The Kier molecular flexibility index (Phi) is 5.87. The van der Waals surface area contributed by atoms with Crippen molar-refractivity contribution in [3.63, 3.8) is 0 Å². The van der Waals surface area contributed by atoms with Crippen LogP contribution < -0.4 is 5.32 Å². The fourth-order valence-electron chi connectivity index (χ4n) is 1.61. The van der Waals surface area contributed by atoms with E-state index in [-0.39, 0.29) is 10.8 Å². The molecule has 0 aromatic carbocycles. The summed E-state index contributed by atoms with van der Waals surface area (Å²) in [5.74, 6) is 0.182. The first kappa shape index (κ1) is 16.0. The van der Waals surface area contributed by atoms with Gasteiger partial charge in [-0.1, -0.05) is 18.5 Å². The van der Waals surface area contributed by atoms with Crippen molar-refractivity contribution >= 4 is 17.4 Å². The Bertz CT molecular complexity index is 410. The van der Waals surface area contributed by atoms with Gasteiger partial charge in [0.2, 0.25) is 0 Å². The molecule has 0 saturated carbocycles. The second kappa shape index (κ2) is 6.96. The Morgan fingerprint density at radius 2 is 2.00 bits per heavy atom. The molecule has 0 bridgehead atoms. The van der Waals surface area contributed by atoms with Gasteiger partial charge < -0.3 is 10.2 Å². The summed E-state index contributed by atoms with van der Waals surface area (Å²) in [6, 6.07) is 2.65. The van der Waals surface area contributed by atoms with Crippen molar-refractivity contribution in [2.75, 3.05) is 32.0 Å². The van der Waals surface area contributed by atoms with Crippen LogP contribution in [-0.2, 0) is 6.18 Å². The molecule has 1 rings (SSSR count). The predicted molar refractivity (Wildman–Crippen MR) is 70.5 cm³/mol. The zero-order valence-electron chi connectivity index (χ0n) is 10.9. The maximum atomic E-state index is 12.6. The van der Waals surface area contributed by atoms with E-state index in [2.05, 4.69) is 22.1 Å². The smallest absolute Gasteiger partial charge is 0.369 e. The number of hydrogen-bond donors (Lipinski definition) is 1. The number of hydrogen-bond acceptors (Lipinski definition) is 3. The lowest BCUT2D eigenvalue weighted by atomic mass is 10.3. The highest BCUT2D eigenvalue weighted by Crippen LogP contribution is 2.33. The third-order valence-electron chi connectivity index (χ3n) is 2.52. The number of nitrogens with one attached hydrogen (secondary N) is 1. The lowest BCUT2D eigenvalue weighted by molar-refractivity contribution is -0.140. The Balaban J connectivity index is 2.60. The number of anilines is 1. The Morgan fingerprint density at radius 1 is 1.32 bits per heavy atom. The third-order valence-corrected chi connectivity index (χ3v) is 2.82. The van der Waals surface area contributed by atoms with Gasteiger partial charge in [0.05, 0.1) is 5.02 Å². The molecule has 0 amide bonds. The van der Waals surface area contributed by atoms with Crippen molar-refractivity contribution in [3.05, 3.63) is 22.8 Å². The number of nitrogens with zero attached hydrogens (tertiary/aromatic N) is 2. The van der Waals surface area contributed by atoms with E-state index >= 15 is 0 Å². The normalized spacial score (nSPS) is 11.9. The zero-order chi connectivity index (χ0) is 14.5. The van der Waals surface area contributed by atoms with Crippen LogP contribution in [0.1, 0.15) is 19.0 Å². The Labute approximate surface area is 115 Å². The van der Waals surface area contributed by atoms with Crippen molar-refractivity contribution in [1.29, 1.82) is 0 Å². The molecule has 0 aliphatic heterocycles. The van der Waals surface area contributed by atoms with Gasteiger partial charge in [-0.05, 0) is 32.1 Å². The van der Waals surface area contributed by atoms with Crippen molar-refractivity contribution < 1.29 is 13.2 Å². The molecule has 0 radical (unpaired) electrons. The zero-order valence-corrected chi connectivity index (χ0v) is 11.6. The van der Waals surface area contributed by atoms with E-state index in [0.29, 0.717) is 6.54 Å². The highest BCUT2D eigenvalue weighted by Gasteiger charge is 2.35. The number of likely N-dealkylation sites (N-methyl/N-ethyl adjacent to an activating group) is 1. The minimum absolute atomic E-state index is 0.182.